The van der Waals surface area contributed by atoms with Crippen molar-refractivity contribution in [3.8, 4) is 0 Å². The molecule has 0 unspecified atom stereocenters. The fourth-order valence-electron chi connectivity index (χ4n) is 2.85. The molecule has 3 N–H and O–H groups in total. The summed E-state index contributed by atoms with van der Waals surface area (Å²) in [5, 5.41) is 3.57. The average Bonchev–Trinajstić information content (AvgIpc) is 3.24. The summed E-state index contributed by atoms with van der Waals surface area (Å²) >= 11 is 5.10. The van der Waals surface area contributed by atoms with Crippen LogP contribution in [0.2, 0.25) is 0 Å². The minimum absolute atomic E-state index is 0.479. The number of hydrogen-bond donors (Lipinski definition) is 2. The molecule has 0 heterocycles. The lowest BCUT2D eigenvalue weighted by Gasteiger charge is -2.18. The summed E-state index contributed by atoms with van der Waals surface area (Å²) < 4.78 is 0. The highest BCUT2D eigenvalue weighted by Gasteiger charge is 2.41. The first-order valence-corrected chi connectivity index (χ1v) is 7.29. The standard InChI is InChI=1S/C15H20N2S/c16-15(18)12-3-1-2-4-14(12)17-9-13(10-5-6-10)11-7-8-11/h1-4,10-11,13,17H,5-9H2,(H2,16,18). The number of thiocarbonyl (C=S) groups is 1. The first-order chi connectivity index (χ1) is 8.75. The van der Waals surface area contributed by atoms with Gasteiger partial charge < -0.3 is 11.1 Å². The fraction of sp³-hybridized carbons (Fsp3) is 0.533. The lowest BCUT2D eigenvalue weighted by atomic mass is 9.97. The summed E-state index contributed by atoms with van der Waals surface area (Å²) in [6, 6.07) is 8.09. The van der Waals surface area contributed by atoms with E-state index in [0.29, 0.717) is 4.99 Å². The first-order valence-electron chi connectivity index (χ1n) is 6.88. The Labute approximate surface area is 114 Å². The molecule has 2 aliphatic carbocycles. The van der Waals surface area contributed by atoms with E-state index in [1.807, 2.05) is 18.2 Å². The van der Waals surface area contributed by atoms with Crippen molar-refractivity contribution in [2.24, 2.45) is 23.5 Å². The van der Waals surface area contributed by atoms with E-state index < -0.39 is 0 Å². The van der Waals surface area contributed by atoms with E-state index in [-0.39, 0.29) is 0 Å². The van der Waals surface area contributed by atoms with E-state index in [9.17, 15) is 0 Å². The van der Waals surface area contributed by atoms with Crippen LogP contribution in [-0.2, 0) is 0 Å². The van der Waals surface area contributed by atoms with Crippen molar-refractivity contribution >= 4 is 22.9 Å². The number of nitrogens with two attached hydrogens (primary N) is 1. The smallest absolute Gasteiger partial charge is 0.106 e. The molecule has 0 aliphatic heterocycles. The molecule has 0 amide bonds. The van der Waals surface area contributed by atoms with Crippen molar-refractivity contribution in [1.29, 1.82) is 0 Å². The van der Waals surface area contributed by atoms with E-state index in [2.05, 4.69) is 11.4 Å². The number of hydrogen-bond acceptors (Lipinski definition) is 2. The maximum absolute atomic E-state index is 5.76. The fourth-order valence-corrected chi connectivity index (χ4v) is 3.02. The molecular weight excluding hydrogens is 240 g/mol. The molecule has 0 bridgehead atoms. The van der Waals surface area contributed by atoms with Crippen LogP contribution in [0.25, 0.3) is 0 Å². The van der Waals surface area contributed by atoms with Crippen molar-refractivity contribution in [2.45, 2.75) is 25.7 Å². The molecule has 0 aromatic heterocycles. The van der Waals surface area contributed by atoms with Gasteiger partial charge in [0.05, 0.1) is 0 Å². The largest absolute Gasteiger partial charge is 0.389 e. The highest BCUT2D eigenvalue weighted by Crippen LogP contribution is 2.49. The molecule has 96 valence electrons. The van der Waals surface area contributed by atoms with Gasteiger partial charge in [-0.3, -0.25) is 0 Å². The third-order valence-corrected chi connectivity index (χ3v) is 4.40. The normalized spacial score (nSPS) is 18.9. The molecule has 3 heteroatoms. The molecule has 0 spiro atoms. The number of anilines is 1. The molecule has 2 nitrogen and oxygen atoms in total. The van der Waals surface area contributed by atoms with Gasteiger partial charge in [0, 0.05) is 17.8 Å². The second kappa shape index (κ2) is 4.88. The van der Waals surface area contributed by atoms with Crippen LogP contribution in [0.4, 0.5) is 5.69 Å². The predicted molar refractivity (Wildman–Crippen MR) is 79.8 cm³/mol. The van der Waals surface area contributed by atoms with Crippen LogP contribution < -0.4 is 11.1 Å². The lowest BCUT2D eigenvalue weighted by Crippen LogP contribution is -2.20. The molecule has 0 saturated heterocycles. The van der Waals surface area contributed by atoms with Gasteiger partial charge in [0.2, 0.25) is 0 Å². The maximum Gasteiger partial charge on any atom is 0.106 e. The molecule has 1 aromatic rings. The zero-order valence-corrected chi connectivity index (χ0v) is 11.4. The van der Waals surface area contributed by atoms with Gasteiger partial charge >= 0.3 is 0 Å². The molecule has 1 aromatic carbocycles. The zero-order chi connectivity index (χ0) is 12.5. The summed E-state index contributed by atoms with van der Waals surface area (Å²) in [4.78, 5) is 0.479. The van der Waals surface area contributed by atoms with E-state index in [0.717, 1.165) is 35.5 Å². The van der Waals surface area contributed by atoms with Gasteiger partial charge in [0.1, 0.15) is 4.99 Å². The minimum Gasteiger partial charge on any atom is -0.389 e. The number of benzene rings is 1. The van der Waals surface area contributed by atoms with Crippen LogP contribution >= 0.6 is 12.2 Å². The van der Waals surface area contributed by atoms with Crippen LogP contribution in [0.5, 0.6) is 0 Å². The van der Waals surface area contributed by atoms with Gasteiger partial charge in [-0.15, -0.1) is 0 Å². The van der Waals surface area contributed by atoms with Crippen molar-refractivity contribution in [3.05, 3.63) is 29.8 Å². The number of nitrogens with one attached hydrogen (secondary N) is 1. The Balaban J connectivity index is 1.66. The van der Waals surface area contributed by atoms with E-state index >= 15 is 0 Å². The van der Waals surface area contributed by atoms with Gasteiger partial charge in [0.25, 0.3) is 0 Å². The Morgan fingerprint density at radius 3 is 2.39 bits per heavy atom. The van der Waals surface area contributed by atoms with Gasteiger partial charge in [-0.25, -0.2) is 0 Å². The summed E-state index contributed by atoms with van der Waals surface area (Å²) in [7, 11) is 0. The van der Waals surface area contributed by atoms with Crippen molar-refractivity contribution < 1.29 is 0 Å². The van der Waals surface area contributed by atoms with Crippen molar-refractivity contribution in [3.63, 3.8) is 0 Å². The monoisotopic (exact) mass is 260 g/mol. The number of para-hydroxylation sites is 1. The third-order valence-electron chi connectivity index (χ3n) is 4.18. The molecule has 0 radical (unpaired) electrons. The van der Waals surface area contributed by atoms with Gasteiger partial charge in [-0.05, 0) is 55.6 Å². The van der Waals surface area contributed by atoms with Crippen LogP contribution in [0.15, 0.2) is 24.3 Å². The van der Waals surface area contributed by atoms with E-state index in [1.54, 1.807) is 0 Å². The Kier molecular flexibility index (Phi) is 3.25. The summed E-state index contributed by atoms with van der Waals surface area (Å²) in [6.45, 7) is 1.08. The quantitative estimate of drug-likeness (QED) is 0.772. The Morgan fingerprint density at radius 1 is 1.22 bits per heavy atom. The number of rotatable bonds is 6. The third kappa shape index (κ3) is 2.66. The minimum atomic E-state index is 0.479. The molecule has 2 saturated carbocycles. The highest BCUT2D eigenvalue weighted by atomic mass is 32.1. The van der Waals surface area contributed by atoms with Crippen LogP contribution in [0.1, 0.15) is 31.2 Å². The Morgan fingerprint density at radius 2 is 1.83 bits per heavy atom. The molecule has 2 aliphatic rings. The summed E-state index contributed by atoms with van der Waals surface area (Å²) in [5.74, 6) is 2.81. The van der Waals surface area contributed by atoms with Gasteiger partial charge in [0.15, 0.2) is 0 Å². The van der Waals surface area contributed by atoms with Crippen molar-refractivity contribution in [1.82, 2.24) is 0 Å². The van der Waals surface area contributed by atoms with Crippen LogP contribution in [0, 0.1) is 17.8 Å². The Hall–Kier alpha value is -1.09. The Bertz CT molecular complexity index is 438. The van der Waals surface area contributed by atoms with E-state index in [4.69, 9.17) is 18.0 Å². The summed E-state index contributed by atoms with van der Waals surface area (Å²) in [5.41, 5.74) is 7.82. The second-order valence-electron chi connectivity index (χ2n) is 5.63. The van der Waals surface area contributed by atoms with Gasteiger partial charge in [-0.1, -0.05) is 24.4 Å². The van der Waals surface area contributed by atoms with Crippen molar-refractivity contribution in [2.75, 3.05) is 11.9 Å². The highest BCUT2D eigenvalue weighted by molar-refractivity contribution is 7.80. The first kappa shape index (κ1) is 12.0. The van der Waals surface area contributed by atoms with Crippen LogP contribution in [0.3, 0.4) is 0 Å². The molecule has 0 atom stereocenters. The topological polar surface area (TPSA) is 38.0 Å². The molecule has 18 heavy (non-hydrogen) atoms. The van der Waals surface area contributed by atoms with E-state index in [1.165, 1.54) is 25.7 Å². The molecule has 2 fully saturated rings. The zero-order valence-electron chi connectivity index (χ0n) is 10.6. The lowest BCUT2D eigenvalue weighted by molar-refractivity contribution is 0.428. The molecule has 3 rings (SSSR count). The van der Waals surface area contributed by atoms with Gasteiger partial charge in [-0.2, -0.15) is 0 Å². The second-order valence-corrected chi connectivity index (χ2v) is 6.07. The SMILES string of the molecule is NC(=S)c1ccccc1NCC(C1CC1)C1CC1. The average molecular weight is 260 g/mol. The molecular formula is C15H20N2S. The summed E-state index contributed by atoms with van der Waals surface area (Å²) in [6.07, 6.45) is 5.72. The predicted octanol–water partition coefficient (Wildman–Crippen LogP) is 3.17. The maximum atomic E-state index is 5.76. The van der Waals surface area contributed by atoms with Crippen LogP contribution in [-0.4, -0.2) is 11.5 Å².